The number of carbonyl (C=O) groups is 1. The second kappa shape index (κ2) is 5.66. The molecule has 3 nitrogen and oxygen atoms in total. The lowest BCUT2D eigenvalue weighted by Gasteiger charge is -2.30. The Morgan fingerprint density at radius 1 is 1.57 bits per heavy atom. The number of nitrogens with one attached hydrogen (secondary N) is 1. The van der Waals surface area contributed by atoms with Gasteiger partial charge in [-0.25, -0.2) is 0 Å². The van der Waals surface area contributed by atoms with E-state index >= 15 is 0 Å². The highest BCUT2D eigenvalue weighted by molar-refractivity contribution is 5.72. The molecule has 0 bridgehead atoms. The van der Waals surface area contributed by atoms with Gasteiger partial charge in [-0.05, 0) is 31.8 Å². The van der Waals surface area contributed by atoms with Crippen molar-refractivity contribution in [2.24, 2.45) is 5.92 Å². The second-order valence-corrected chi connectivity index (χ2v) is 3.86. The number of nitrogens with zero attached hydrogens (tertiary/aromatic N) is 1. The molecule has 0 aromatic heterocycles. The summed E-state index contributed by atoms with van der Waals surface area (Å²) in [6.07, 6.45) is 7.53. The Morgan fingerprint density at radius 3 is 2.71 bits per heavy atom. The third-order valence-corrected chi connectivity index (χ3v) is 2.66. The quantitative estimate of drug-likeness (QED) is 0.662. The molecule has 14 heavy (non-hydrogen) atoms. The van der Waals surface area contributed by atoms with Crippen LogP contribution in [0.2, 0.25) is 0 Å². The maximum Gasteiger partial charge on any atom is 0.216 e. The van der Waals surface area contributed by atoms with Crippen LogP contribution in [0.5, 0.6) is 0 Å². The summed E-state index contributed by atoms with van der Waals surface area (Å²) in [5, 5.41) is 2.86. The van der Waals surface area contributed by atoms with Gasteiger partial charge in [-0.1, -0.05) is 5.92 Å². The lowest BCUT2D eigenvalue weighted by molar-refractivity contribution is -0.119. The van der Waals surface area contributed by atoms with Gasteiger partial charge in [0.05, 0.1) is 6.54 Å². The van der Waals surface area contributed by atoms with Crippen LogP contribution < -0.4 is 5.32 Å². The standard InChI is InChI=1S/C11H18N2O/c1-3-6-13-7-4-11(5-8-13)9-12-10(2)14/h1,11H,4-9H2,2H3,(H,12,14). The third-order valence-electron chi connectivity index (χ3n) is 2.66. The number of hydrogen-bond acceptors (Lipinski definition) is 2. The predicted octanol–water partition coefficient (Wildman–Crippen LogP) is 0.468. The summed E-state index contributed by atoms with van der Waals surface area (Å²) in [7, 11) is 0. The molecule has 0 atom stereocenters. The molecular formula is C11H18N2O. The number of amides is 1. The summed E-state index contributed by atoms with van der Waals surface area (Å²) in [6.45, 7) is 5.27. The molecule has 1 amide bonds. The summed E-state index contributed by atoms with van der Waals surface area (Å²) < 4.78 is 0. The summed E-state index contributed by atoms with van der Waals surface area (Å²) in [6, 6.07) is 0. The first-order chi connectivity index (χ1) is 6.72. The van der Waals surface area contributed by atoms with Crippen molar-refractivity contribution in [2.45, 2.75) is 19.8 Å². The average molecular weight is 194 g/mol. The molecule has 0 saturated carbocycles. The fourth-order valence-electron chi connectivity index (χ4n) is 1.77. The monoisotopic (exact) mass is 194 g/mol. The van der Waals surface area contributed by atoms with Crippen LogP contribution in [0.3, 0.4) is 0 Å². The first kappa shape index (κ1) is 11.1. The van der Waals surface area contributed by atoms with Gasteiger partial charge in [-0.2, -0.15) is 0 Å². The van der Waals surface area contributed by atoms with Gasteiger partial charge in [-0.3, -0.25) is 9.69 Å². The highest BCUT2D eigenvalue weighted by atomic mass is 16.1. The fraction of sp³-hybridized carbons (Fsp3) is 0.727. The van der Waals surface area contributed by atoms with Gasteiger partial charge in [-0.15, -0.1) is 6.42 Å². The zero-order valence-corrected chi connectivity index (χ0v) is 8.75. The number of carbonyl (C=O) groups excluding carboxylic acids is 1. The van der Waals surface area contributed by atoms with Crippen LogP contribution in [-0.4, -0.2) is 37.0 Å². The SMILES string of the molecule is C#CCN1CCC(CNC(C)=O)CC1. The van der Waals surface area contributed by atoms with E-state index in [0.717, 1.165) is 39.0 Å². The number of hydrogen-bond donors (Lipinski definition) is 1. The Balaban J connectivity index is 2.16. The average Bonchev–Trinajstić information content (AvgIpc) is 2.17. The van der Waals surface area contributed by atoms with Crippen LogP contribution in [0.4, 0.5) is 0 Å². The van der Waals surface area contributed by atoms with Crippen molar-refractivity contribution in [3.8, 4) is 12.3 Å². The van der Waals surface area contributed by atoms with Gasteiger partial charge in [0.25, 0.3) is 0 Å². The molecule has 1 rings (SSSR count). The molecule has 1 fully saturated rings. The molecule has 0 radical (unpaired) electrons. The predicted molar refractivity (Wildman–Crippen MR) is 56.7 cm³/mol. The minimum atomic E-state index is 0.0658. The molecule has 1 aliphatic rings. The molecule has 3 heteroatoms. The fourth-order valence-corrected chi connectivity index (χ4v) is 1.77. The molecule has 0 aromatic carbocycles. The maximum atomic E-state index is 10.7. The first-order valence-electron chi connectivity index (χ1n) is 5.12. The van der Waals surface area contributed by atoms with Crippen molar-refractivity contribution in [3.63, 3.8) is 0 Å². The van der Waals surface area contributed by atoms with Gasteiger partial charge < -0.3 is 5.32 Å². The van der Waals surface area contributed by atoms with Gasteiger partial charge in [0.2, 0.25) is 5.91 Å². The molecule has 78 valence electrons. The third kappa shape index (κ3) is 3.80. The zero-order chi connectivity index (χ0) is 10.4. The Morgan fingerprint density at radius 2 is 2.21 bits per heavy atom. The van der Waals surface area contributed by atoms with E-state index in [2.05, 4.69) is 16.1 Å². The Kier molecular flexibility index (Phi) is 4.48. The van der Waals surface area contributed by atoms with E-state index in [1.165, 1.54) is 0 Å². The van der Waals surface area contributed by atoms with Crippen LogP contribution in [0.15, 0.2) is 0 Å². The van der Waals surface area contributed by atoms with E-state index in [4.69, 9.17) is 6.42 Å². The maximum absolute atomic E-state index is 10.7. The minimum absolute atomic E-state index is 0.0658. The van der Waals surface area contributed by atoms with E-state index in [1.807, 2.05) is 0 Å². The lowest BCUT2D eigenvalue weighted by Crippen LogP contribution is -2.38. The number of piperidine rings is 1. The number of rotatable bonds is 3. The summed E-state index contributed by atoms with van der Waals surface area (Å²) in [4.78, 5) is 13.0. The van der Waals surface area contributed by atoms with Crippen molar-refractivity contribution in [1.29, 1.82) is 0 Å². The second-order valence-electron chi connectivity index (χ2n) is 3.86. The van der Waals surface area contributed by atoms with E-state index in [1.54, 1.807) is 6.92 Å². The van der Waals surface area contributed by atoms with E-state index in [9.17, 15) is 4.79 Å². The van der Waals surface area contributed by atoms with Gasteiger partial charge in [0.1, 0.15) is 0 Å². The summed E-state index contributed by atoms with van der Waals surface area (Å²) >= 11 is 0. The molecule has 1 aliphatic heterocycles. The number of terminal acetylenes is 1. The largest absolute Gasteiger partial charge is 0.356 e. The van der Waals surface area contributed by atoms with Crippen molar-refractivity contribution in [3.05, 3.63) is 0 Å². The molecule has 1 N–H and O–H groups in total. The zero-order valence-electron chi connectivity index (χ0n) is 8.75. The van der Waals surface area contributed by atoms with Crippen LogP contribution in [0.1, 0.15) is 19.8 Å². The number of likely N-dealkylation sites (tertiary alicyclic amines) is 1. The van der Waals surface area contributed by atoms with Crippen molar-refractivity contribution >= 4 is 5.91 Å². The normalized spacial score (nSPS) is 18.9. The minimum Gasteiger partial charge on any atom is -0.356 e. The van der Waals surface area contributed by atoms with Crippen LogP contribution in [0, 0.1) is 18.3 Å². The lowest BCUT2D eigenvalue weighted by atomic mass is 9.97. The van der Waals surface area contributed by atoms with Gasteiger partial charge in [0, 0.05) is 13.5 Å². The molecule has 0 spiro atoms. The van der Waals surface area contributed by atoms with Crippen LogP contribution in [0.25, 0.3) is 0 Å². The highest BCUT2D eigenvalue weighted by Crippen LogP contribution is 2.15. The Hall–Kier alpha value is -1.01. The van der Waals surface area contributed by atoms with Crippen LogP contribution >= 0.6 is 0 Å². The Bertz CT molecular complexity index is 224. The van der Waals surface area contributed by atoms with Gasteiger partial charge >= 0.3 is 0 Å². The smallest absolute Gasteiger partial charge is 0.216 e. The van der Waals surface area contributed by atoms with E-state index in [-0.39, 0.29) is 5.91 Å². The summed E-state index contributed by atoms with van der Waals surface area (Å²) in [5.74, 6) is 3.36. The van der Waals surface area contributed by atoms with Crippen molar-refractivity contribution in [2.75, 3.05) is 26.2 Å². The van der Waals surface area contributed by atoms with Crippen LogP contribution in [-0.2, 0) is 4.79 Å². The molecule has 0 unspecified atom stereocenters. The Labute approximate surface area is 85.9 Å². The van der Waals surface area contributed by atoms with E-state index < -0.39 is 0 Å². The molecule has 0 aliphatic carbocycles. The molecule has 1 heterocycles. The van der Waals surface area contributed by atoms with Gasteiger partial charge in [0.15, 0.2) is 0 Å². The van der Waals surface area contributed by atoms with E-state index in [0.29, 0.717) is 5.92 Å². The topological polar surface area (TPSA) is 32.3 Å². The molecule has 0 aromatic rings. The molecular weight excluding hydrogens is 176 g/mol. The van der Waals surface area contributed by atoms with Crippen molar-refractivity contribution < 1.29 is 4.79 Å². The highest BCUT2D eigenvalue weighted by Gasteiger charge is 2.18. The first-order valence-corrected chi connectivity index (χ1v) is 5.12. The van der Waals surface area contributed by atoms with Crippen molar-refractivity contribution in [1.82, 2.24) is 10.2 Å². The molecule has 1 saturated heterocycles. The summed E-state index contributed by atoms with van der Waals surface area (Å²) in [5.41, 5.74) is 0.